The molecule has 1 aliphatic carbocycles. The number of hydrogen-bond acceptors (Lipinski definition) is 2. The highest BCUT2D eigenvalue weighted by Gasteiger charge is 2.46. The van der Waals surface area contributed by atoms with E-state index in [1.54, 1.807) is 0 Å². The van der Waals surface area contributed by atoms with Crippen LogP contribution in [0.3, 0.4) is 0 Å². The molecule has 0 saturated carbocycles. The summed E-state index contributed by atoms with van der Waals surface area (Å²) < 4.78 is 0. The molecule has 1 heterocycles. The van der Waals surface area contributed by atoms with Crippen LogP contribution in [0.5, 0.6) is 0 Å². The molecule has 28 heavy (non-hydrogen) atoms. The van der Waals surface area contributed by atoms with Crippen molar-refractivity contribution in [2.24, 2.45) is 0 Å². The van der Waals surface area contributed by atoms with Gasteiger partial charge in [-0.25, -0.2) is 0 Å². The Morgan fingerprint density at radius 1 is 0.964 bits per heavy atom. The lowest BCUT2D eigenvalue weighted by Crippen LogP contribution is -2.56. The molecule has 1 aliphatic heterocycles. The third-order valence-electron chi connectivity index (χ3n) is 6.79. The molecule has 3 aromatic rings. The van der Waals surface area contributed by atoms with E-state index in [2.05, 4.69) is 67.6 Å². The van der Waals surface area contributed by atoms with Gasteiger partial charge in [-0.05, 0) is 65.4 Å². The molecule has 0 aromatic heterocycles. The van der Waals surface area contributed by atoms with Gasteiger partial charge in [0.05, 0.1) is 0 Å². The minimum Gasteiger partial charge on any atom is -0.342 e. The van der Waals surface area contributed by atoms with Crippen molar-refractivity contribution in [2.45, 2.75) is 53.9 Å². The van der Waals surface area contributed by atoms with E-state index >= 15 is 0 Å². The van der Waals surface area contributed by atoms with Gasteiger partial charge in [0.1, 0.15) is 0 Å². The van der Waals surface area contributed by atoms with E-state index in [4.69, 9.17) is 0 Å². The van der Waals surface area contributed by atoms with Crippen molar-refractivity contribution in [2.75, 3.05) is 7.05 Å². The van der Waals surface area contributed by atoms with E-state index in [9.17, 15) is 4.79 Å². The summed E-state index contributed by atoms with van der Waals surface area (Å²) in [7, 11) is 1.99. The van der Waals surface area contributed by atoms with Crippen molar-refractivity contribution in [3.8, 4) is 0 Å². The standard InChI is InChI=1S/C25H25NOS/c1-25-14-13-24(27)26(2)23(25)12-8-19-16-21(10-11-22(19)25)28-20-9-7-17-5-3-4-6-18(17)15-20/h3-7,9-11,15-16,23H,8,12-14H2,1-2H3/t23-,25-/m1/s1. The molecule has 0 spiro atoms. The number of carbonyl (C=O) groups excluding carboxylic acids is 1. The van der Waals surface area contributed by atoms with Gasteiger partial charge in [-0.15, -0.1) is 0 Å². The third kappa shape index (κ3) is 2.84. The number of nitrogens with zero attached hydrogens (tertiary/aromatic N) is 1. The first kappa shape index (κ1) is 17.8. The highest BCUT2D eigenvalue weighted by atomic mass is 32.2. The number of likely N-dealkylation sites (tertiary alicyclic amines) is 1. The minimum absolute atomic E-state index is 0.0857. The van der Waals surface area contributed by atoms with Crippen molar-refractivity contribution in [3.63, 3.8) is 0 Å². The zero-order valence-electron chi connectivity index (χ0n) is 16.4. The summed E-state index contributed by atoms with van der Waals surface area (Å²) in [6.45, 7) is 2.36. The Kier molecular flexibility index (Phi) is 4.24. The molecule has 0 bridgehead atoms. The minimum atomic E-state index is 0.0857. The number of benzene rings is 3. The van der Waals surface area contributed by atoms with E-state index in [0.717, 1.165) is 19.3 Å². The van der Waals surface area contributed by atoms with Crippen LogP contribution in [0.2, 0.25) is 0 Å². The Bertz CT molecular complexity index is 1080. The number of likely N-dealkylation sites (N-methyl/N-ethyl adjacent to an activating group) is 1. The largest absolute Gasteiger partial charge is 0.342 e. The van der Waals surface area contributed by atoms with Crippen LogP contribution < -0.4 is 0 Å². The van der Waals surface area contributed by atoms with Gasteiger partial charge in [0.2, 0.25) is 5.91 Å². The first-order valence-electron chi connectivity index (χ1n) is 10.1. The maximum atomic E-state index is 12.2. The average Bonchev–Trinajstić information content (AvgIpc) is 2.71. The Morgan fingerprint density at radius 3 is 2.57 bits per heavy atom. The van der Waals surface area contributed by atoms with Gasteiger partial charge in [-0.1, -0.05) is 55.1 Å². The fraction of sp³-hybridized carbons (Fsp3) is 0.320. The van der Waals surface area contributed by atoms with Crippen molar-refractivity contribution >= 4 is 28.4 Å². The second-order valence-corrected chi connectivity index (χ2v) is 9.55. The Labute approximate surface area is 170 Å². The SMILES string of the molecule is CN1C(=O)CC[C@]2(C)c3ccc(Sc4ccc5ccccc5c4)cc3CC[C@@H]12. The third-order valence-corrected chi connectivity index (χ3v) is 7.77. The second-order valence-electron chi connectivity index (χ2n) is 8.41. The molecule has 1 saturated heterocycles. The van der Waals surface area contributed by atoms with Crippen LogP contribution >= 0.6 is 11.8 Å². The summed E-state index contributed by atoms with van der Waals surface area (Å²) >= 11 is 1.84. The van der Waals surface area contributed by atoms with Crippen LogP contribution in [-0.4, -0.2) is 23.9 Å². The average molecular weight is 388 g/mol. The summed E-state index contributed by atoms with van der Waals surface area (Å²) in [6.07, 6.45) is 3.75. The van der Waals surface area contributed by atoms with Gasteiger partial charge in [0, 0.05) is 34.7 Å². The number of fused-ring (bicyclic) bond motifs is 4. The molecule has 5 rings (SSSR count). The zero-order valence-corrected chi connectivity index (χ0v) is 17.3. The Hall–Kier alpha value is -2.26. The molecule has 3 aromatic carbocycles. The quantitative estimate of drug-likeness (QED) is 0.552. The molecule has 1 amide bonds. The van der Waals surface area contributed by atoms with Gasteiger partial charge in [-0.3, -0.25) is 4.79 Å². The summed E-state index contributed by atoms with van der Waals surface area (Å²) in [5, 5.41) is 2.57. The molecule has 0 N–H and O–H groups in total. The van der Waals surface area contributed by atoms with Crippen molar-refractivity contribution in [1.29, 1.82) is 0 Å². The van der Waals surface area contributed by atoms with E-state index < -0.39 is 0 Å². The van der Waals surface area contributed by atoms with E-state index in [-0.39, 0.29) is 5.41 Å². The number of carbonyl (C=O) groups is 1. The summed E-state index contributed by atoms with van der Waals surface area (Å²) in [5.41, 5.74) is 3.00. The second kappa shape index (κ2) is 6.66. The molecule has 142 valence electrons. The van der Waals surface area contributed by atoms with Crippen LogP contribution in [-0.2, 0) is 16.6 Å². The number of amides is 1. The molecular formula is C25H25NOS. The molecule has 0 radical (unpaired) electrons. The lowest BCUT2D eigenvalue weighted by atomic mass is 9.63. The molecule has 1 fully saturated rings. The highest BCUT2D eigenvalue weighted by molar-refractivity contribution is 7.99. The molecular weight excluding hydrogens is 362 g/mol. The normalized spacial score (nSPS) is 24.1. The number of piperidine rings is 1. The van der Waals surface area contributed by atoms with Crippen LogP contribution in [0.25, 0.3) is 10.8 Å². The van der Waals surface area contributed by atoms with E-state index in [1.807, 2.05) is 23.7 Å². The van der Waals surface area contributed by atoms with E-state index in [0.29, 0.717) is 18.4 Å². The summed E-state index contributed by atoms with van der Waals surface area (Å²) in [5.74, 6) is 0.300. The van der Waals surface area contributed by atoms with Crippen LogP contribution in [0.1, 0.15) is 37.3 Å². The molecule has 2 nitrogen and oxygen atoms in total. The van der Waals surface area contributed by atoms with Gasteiger partial charge < -0.3 is 4.90 Å². The fourth-order valence-electron chi connectivity index (χ4n) is 5.19. The zero-order chi connectivity index (χ0) is 19.3. The monoisotopic (exact) mass is 387 g/mol. The maximum Gasteiger partial charge on any atom is 0.222 e. The van der Waals surface area contributed by atoms with E-state index in [1.165, 1.54) is 31.7 Å². The van der Waals surface area contributed by atoms with Crippen LogP contribution in [0, 0.1) is 0 Å². The first-order chi connectivity index (χ1) is 13.5. The lowest BCUT2D eigenvalue weighted by Gasteiger charge is -2.50. The predicted molar refractivity (Wildman–Crippen MR) is 116 cm³/mol. The Balaban J connectivity index is 1.45. The fourth-order valence-corrected chi connectivity index (χ4v) is 6.13. The van der Waals surface area contributed by atoms with Gasteiger partial charge >= 0.3 is 0 Å². The summed E-state index contributed by atoms with van der Waals surface area (Å²) in [6, 6.07) is 22.5. The number of aryl methyl sites for hydroxylation is 1. The van der Waals surface area contributed by atoms with Crippen molar-refractivity contribution < 1.29 is 4.79 Å². The number of hydrogen-bond donors (Lipinski definition) is 0. The predicted octanol–water partition coefficient (Wildman–Crippen LogP) is 5.82. The van der Waals surface area contributed by atoms with Crippen molar-refractivity contribution in [1.82, 2.24) is 4.90 Å². The van der Waals surface area contributed by atoms with Gasteiger partial charge in [-0.2, -0.15) is 0 Å². The summed E-state index contributed by atoms with van der Waals surface area (Å²) in [4.78, 5) is 16.8. The maximum absolute atomic E-state index is 12.2. The topological polar surface area (TPSA) is 20.3 Å². The lowest BCUT2D eigenvalue weighted by molar-refractivity contribution is -0.138. The molecule has 2 atom stereocenters. The van der Waals surface area contributed by atoms with Crippen molar-refractivity contribution in [3.05, 3.63) is 71.8 Å². The number of rotatable bonds is 2. The van der Waals surface area contributed by atoms with Gasteiger partial charge in [0.15, 0.2) is 0 Å². The van der Waals surface area contributed by atoms with Crippen LogP contribution in [0.4, 0.5) is 0 Å². The highest BCUT2D eigenvalue weighted by Crippen LogP contribution is 2.46. The smallest absolute Gasteiger partial charge is 0.222 e. The Morgan fingerprint density at radius 2 is 1.71 bits per heavy atom. The molecule has 2 aliphatic rings. The molecule has 0 unspecified atom stereocenters. The van der Waals surface area contributed by atoms with Gasteiger partial charge in [0.25, 0.3) is 0 Å². The first-order valence-corrected chi connectivity index (χ1v) is 10.9. The molecule has 3 heteroatoms. The van der Waals surface area contributed by atoms with Crippen LogP contribution in [0.15, 0.2) is 70.5 Å².